The van der Waals surface area contributed by atoms with Gasteiger partial charge in [0.2, 0.25) is 0 Å². The van der Waals surface area contributed by atoms with Crippen molar-refractivity contribution in [2.24, 2.45) is 11.7 Å². The van der Waals surface area contributed by atoms with Gasteiger partial charge in [-0.25, -0.2) is 0 Å². The molecule has 0 radical (unpaired) electrons. The fraction of sp³-hybridized carbons (Fsp3) is 0.647. The lowest BCUT2D eigenvalue weighted by molar-refractivity contribution is 0.291. The van der Waals surface area contributed by atoms with Crippen molar-refractivity contribution in [2.45, 2.75) is 33.7 Å². The fourth-order valence-corrected chi connectivity index (χ4v) is 3.00. The molecule has 1 heterocycles. The second-order valence-electron chi connectivity index (χ2n) is 5.67. The van der Waals surface area contributed by atoms with E-state index in [1.807, 2.05) is 13.8 Å². The summed E-state index contributed by atoms with van der Waals surface area (Å²) in [4.78, 5) is 2.47. The average molecular weight is 292 g/mol. The third-order valence-electron chi connectivity index (χ3n) is 4.12. The molecule has 2 rings (SSSR count). The standard InChI is InChI=1S/C17H28N2O2/c1-4-20-16-7-6-15(17(13(16)3)21-5-2)12-19-9-8-14(10-18)11-19/h6-7,14H,4-5,8-12,18H2,1-3H3/t14-/m1/s1. The SMILES string of the molecule is CCOc1ccc(CN2CC[C@H](CN)C2)c(OCC)c1C. The number of nitrogens with zero attached hydrogens (tertiary/aromatic N) is 1. The fourth-order valence-electron chi connectivity index (χ4n) is 3.00. The maximum Gasteiger partial charge on any atom is 0.130 e. The number of hydrogen-bond acceptors (Lipinski definition) is 4. The highest BCUT2D eigenvalue weighted by Gasteiger charge is 2.23. The second kappa shape index (κ2) is 7.66. The second-order valence-corrected chi connectivity index (χ2v) is 5.67. The smallest absolute Gasteiger partial charge is 0.130 e. The summed E-state index contributed by atoms with van der Waals surface area (Å²) in [6.07, 6.45) is 1.20. The van der Waals surface area contributed by atoms with Gasteiger partial charge in [-0.1, -0.05) is 6.07 Å². The van der Waals surface area contributed by atoms with Crippen LogP contribution < -0.4 is 15.2 Å². The van der Waals surface area contributed by atoms with E-state index < -0.39 is 0 Å². The zero-order chi connectivity index (χ0) is 15.2. The summed E-state index contributed by atoms with van der Waals surface area (Å²) in [5, 5.41) is 0. The third kappa shape index (κ3) is 3.89. The maximum absolute atomic E-state index is 5.89. The molecule has 1 fully saturated rings. The summed E-state index contributed by atoms with van der Waals surface area (Å²) in [6.45, 7) is 11.4. The summed E-state index contributed by atoms with van der Waals surface area (Å²) in [5.74, 6) is 2.55. The van der Waals surface area contributed by atoms with Crippen LogP contribution in [0.15, 0.2) is 12.1 Å². The Bertz CT molecular complexity index is 462. The summed E-state index contributed by atoms with van der Waals surface area (Å²) >= 11 is 0. The van der Waals surface area contributed by atoms with Crippen LogP contribution in [0.5, 0.6) is 11.5 Å². The van der Waals surface area contributed by atoms with Crippen LogP contribution in [0.2, 0.25) is 0 Å². The van der Waals surface area contributed by atoms with Crippen LogP contribution in [0.3, 0.4) is 0 Å². The van der Waals surface area contributed by atoms with Crippen molar-refractivity contribution in [1.82, 2.24) is 4.90 Å². The molecule has 2 N–H and O–H groups in total. The van der Waals surface area contributed by atoms with Gasteiger partial charge in [0.25, 0.3) is 0 Å². The van der Waals surface area contributed by atoms with Gasteiger partial charge in [0, 0.05) is 24.2 Å². The quantitative estimate of drug-likeness (QED) is 0.839. The minimum atomic E-state index is 0.643. The number of likely N-dealkylation sites (tertiary alicyclic amines) is 1. The minimum absolute atomic E-state index is 0.643. The van der Waals surface area contributed by atoms with Crippen LogP contribution >= 0.6 is 0 Å². The molecule has 4 heteroatoms. The largest absolute Gasteiger partial charge is 0.493 e. The van der Waals surface area contributed by atoms with Crippen molar-refractivity contribution in [3.8, 4) is 11.5 Å². The van der Waals surface area contributed by atoms with Crippen LogP contribution in [0.25, 0.3) is 0 Å². The molecule has 0 amide bonds. The van der Waals surface area contributed by atoms with Gasteiger partial charge >= 0.3 is 0 Å². The van der Waals surface area contributed by atoms with Gasteiger partial charge in [0.15, 0.2) is 0 Å². The molecular weight excluding hydrogens is 264 g/mol. The molecule has 1 aliphatic heterocycles. The molecule has 1 atom stereocenters. The van der Waals surface area contributed by atoms with Gasteiger partial charge in [0.1, 0.15) is 11.5 Å². The molecule has 0 aromatic heterocycles. The number of ether oxygens (including phenoxy) is 2. The maximum atomic E-state index is 5.89. The molecule has 1 aliphatic rings. The average Bonchev–Trinajstić information content (AvgIpc) is 2.93. The molecule has 0 spiro atoms. The molecular formula is C17H28N2O2. The number of benzene rings is 1. The van der Waals surface area contributed by atoms with E-state index in [4.69, 9.17) is 15.2 Å². The molecule has 1 saturated heterocycles. The highest BCUT2D eigenvalue weighted by molar-refractivity contribution is 5.49. The van der Waals surface area contributed by atoms with Crippen LogP contribution in [0, 0.1) is 12.8 Å². The lowest BCUT2D eigenvalue weighted by Gasteiger charge is -2.21. The molecule has 0 bridgehead atoms. The van der Waals surface area contributed by atoms with Crippen molar-refractivity contribution < 1.29 is 9.47 Å². The first-order valence-corrected chi connectivity index (χ1v) is 8.00. The Morgan fingerprint density at radius 1 is 1.24 bits per heavy atom. The van der Waals surface area contributed by atoms with Crippen molar-refractivity contribution >= 4 is 0 Å². The molecule has 4 nitrogen and oxygen atoms in total. The lowest BCUT2D eigenvalue weighted by atomic mass is 10.1. The van der Waals surface area contributed by atoms with Crippen LogP contribution in [0.1, 0.15) is 31.4 Å². The van der Waals surface area contributed by atoms with E-state index >= 15 is 0 Å². The predicted octanol–water partition coefficient (Wildman–Crippen LogP) is 2.57. The van der Waals surface area contributed by atoms with E-state index in [1.165, 1.54) is 12.0 Å². The van der Waals surface area contributed by atoms with Gasteiger partial charge in [-0.15, -0.1) is 0 Å². The van der Waals surface area contributed by atoms with E-state index in [-0.39, 0.29) is 0 Å². The first-order valence-electron chi connectivity index (χ1n) is 8.00. The van der Waals surface area contributed by atoms with Gasteiger partial charge in [-0.3, -0.25) is 4.90 Å². The zero-order valence-corrected chi connectivity index (χ0v) is 13.5. The summed E-state index contributed by atoms with van der Waals surface area (Å²) in [6, 6.07) is 4.20. The first-order chi connectivity index (χ1) is 10.2. The van der Waals surface area contributed by atoms with E-state index in [0.29, 0.717) is 19.1 Å². The van der Waals surface area contributed by atoms with Gasteiger partial charge in [0.05, 0.1) is 13.2 Å². The third-order valence-corrected chi connectivity index (χ3v) is 4.12. The molecule has 0 saturated carbocycles. The lowest BCUT2D eigenvalue weighted by Crippen LogP contribution is -2.23. The van der Waals surface area contributed by atoms with Gasteiger partial charge in [-0.05, 0) is 52.3 Å². The molecule has 21 heavy (non-hydrogen) atoms. The van der Waals surface area contributed by atoms with E-state index in [9.17, 15) is 0 Å². The summed E-state index contributed by atoms with van der Waals surface area (Å²) in [5.41, 5.74) is 8.12. The molecule has 0 aliphatic carbocycles. The summed E-state index contributed by atoms with van der Waals surface area (Å²) < 4.78 is 11.6. The monoisotopic (exact) mass is 292 g/mol. The Hall–Kier alpha value is -1.26. The predicted molar refractivity (Wildman–Crippen MR) is 86.0 cm³/mol. The van der Waals surface area contributed by atoms with Crippen molar-refractivity contribution in [3.05, 3.63) is 23.3 Å². The molecule has 1 aromatic rings. The molecule has 1 aromatic carbocycles. The highest BCUT2D eigenvalue weighted by atomic mass is 16.5. The Labute approximate surface area is 128 Å². The van der Waals surface area contributed by atoms with Gasteiger partial charge < -0.3 is 15.2 Å². The molecule has 118 valence electrons. The summed E-state index contributed by atoms with van der Waals surface area (Å²) in [7, 11) is 0. The Balaban J connectivity index is 2.16. The normalized spacial score (nSPS) is 19.0. The highest BCUT2D eigenvalue weighted by Crippen LogP contribution is 2.33. The Morgan fingerprint density at radius 3 is 2.62 bits per heavy atom. The van der Waals surface area contributed by atoms with Crippen LogP contribution in [0.4, 0.5) is 0 Å². The number of nitrogens with two attached hydrogens (primary N) is 1. The van der Waals surface area contributed by atoms with Crippen molar-refractivity contribution in [3.63, 3.8) is 0 Å². The van der Waals surface area contributed by atoms with Crippen molar-refractivity contribution in [2.75, 3.05) is 32.8 Å². The first kappa shape index (κ1) is 16.1. The molecule has 0 unspecified atom stereocenters. The Kier molecular flexibility index (Phi) is 5.88. The van der Waals surface area contributed by atoms with E-state index in [1.54, 1.807) is 0 Å². The minimum Gasteiger partial charge on any atom is -0.493 e. The van der Waals surface area contributed by atoms with Gasteiger partial charge in [-0.2, -0.15) is 0 Å². The van der Waals surface area contributed by atoms with Crippen molar-refractivity contribution in [1.29, 1.82) is 0 Å². The number of hydrogen-bond donors (Lipinski definition) is 1. The van der Waals surface area contributed by atoms with E-state index in [0.717, 1.165) is 43.2 Å². The zero-order valence-electron chi connectivity index (χ0n) is 13.5. The van der Waals surface area contributed by atoms with Crippen LogP contribution in [-0.4, -0.2) is 37.7 Å². The topological polar surface area (TPSA) is 47.7 Å². The Morgan fingerprint density at radius 2 is 2.00 bits per heavy atom. The number of rotatable bonds is 7. The van der Waals surface area contributed by atoms with E-state index in [2.05, 4.69) is 24.0 Å². The van der Waals surface area contributed by atoms with Crippen LogP contribution in [-0.2, 0) is 6.54 Å².